The number of carbonyl (C=O) groups is 1. The van der Waals surface area contributed by atoms with Gasteiger partial charge in [0, 0.05) is 6.54 Å². The molecule has 1 fully saturated rings. The van der Waals surface area contributed by atoms with Crippen LogP contribution in [0.1, 0.15) is 37.7 Å². The summed E-state index contributed by atoms with van der Waals surface area (Å²) in [5.41, 5.74) is 5.89. The summed E-state index contributed by atoms with van der Waals surface area (Å²) >= 11 is 0. The van der Waals surface area contributed by atoms with Crippen molar-refractivity contribution < 1.29 is 9.18 Å². The molecular weight excluding hydrogens is 243 g/mol. The minimum Gasteiger partial charge on any atom is -0.355 e. The predicted octanol–water partition coefficient (Wildman–Crippen LogP) is 2.10. The largest absolute Gasteiger partial charge is 0.355 e. The maximum atomic E-state index is 13.0. The summed E-state index contributed by atoms with van der Waals surface area (Å²) in [5.74, 6) is -0.203. The van der Waals surface area contributed by atoms with Gasteiger partial charge in [0.15, 0.2) is 0 Å². The first-order chi connectivity index (χ1) is 9.19. The van der Waals surface area contributed by atoms with Crippen molar-refractivity contribution in [2.75, 3.05) is 13.1 Å². The summed E-state index contributed by atoms with van der Waals surface area (Å²) in [6, 6.07) is 6.34. The maximum Gasteiger partial charge on any atom is 0.230 e. The molecule has 1 amide bonds. The number of nitrogens with one attached hydrogen (secondary N) is 1. The van der Waals surface area contributed by atoms with Crippen LogP contribution in [0.25, 0.3) is 0 Å². The van der Waals surface area contributed by atoms with Gasteiger partial charge in [-0.25, -0.2) is 4.39 Å². The van der Waals surface area contributed by atoms with Crippen molar-refractivity contribution in [2.24, 2.45) is 5.73 Å². The highest BCUT2D eigenvalue weighted by atomic mass is 19.1. The molecule has 0 bridgehead atoms. The number of rotatable bonds is 5. The van der Waals surface area contributed by atoms with Crippen LogP contribution in [-0.4, -0.2) is 19.0 Å². The van der Waals surface area contributed by atoms with E-state index in [2.05, 4.69) is 5.32 Å². The zero-order valence-corrected chi connectivity index (χ0v) is 11.1. The van der Waals surface area contributed by atoms with Crippen LogP contribution in [0, 0.1) is 5.82 Å². The zero-order chi connectivity index (χ0) is 13.7. The van der Waals surface area contributed by atoms with E-state index >= 15 is 0 Å². The van der Waals surface area contributed by atoms with E-state index in [0.717, 1.165) is 37.7 Å². The third kappa shape index (κ3) is 2.95. The van der Waals surface area contributed by atoms with Crippen molar-refractivity contribution >= 4 is 5.91 Å². The number of nitrogens with two attached hydrogens (primary N) is 1. The number of hydrogen-bond donors (Lipinski definition) is 2. The summed E-state index contributed by atoms with van der Waals surface area (Å²) in [7, 11) is 0. The second-order valence-corrected chi connectivity index (χ2v) is 5.19. The van der Waals surface area contributed by atoms with Crippen LogP contribution >= 0.6 is 0 Å². The van der Waals surface area contributed by atoms with Gasteiger partial charge in [-0.2, -0.15) is 0 Å². The Bertz CT molecular complexity index is 424. The van der Waals surface area contributed by atoms with Crippen molar-refractivity contribution in [3.63, 3.8) is 0 Å². The third-order valence-electron chi connectivity index (χ3n) is 3.96. The molecule has 4 heteroatoms. The van der Waals surface area contributed by atoms with Gasteiger partial charge in [-0.1, -0.05) is 25.0 Å². The lowest BCUT2D eigenvalue weighted by atomic mass is 9.78. The fourth-order valence-corrected chi connectivity index (χ4v) is 2.87. The van der Waals surface area contributed by atoms with Gasteiger partial charge in [-0.05, 0) is 43.5 Å². The molecule has 1 aliphatic carbocycles. The van der Waals surface area contributed by atoms with Gasteiger partial charge in [0.25, 0.3) is 0 Å². The Balaban J connectivity index is 2.17. The van der Waals surface area contributed by atoms with Gasteiger partial charge < -0.3 is 11.1 Å². The zero-order valence-electron chi connectivity index (χ0n) is 11.1. The van der Waals surface area contributed by atoms with Crippen molar-refractivity contribution in [3.8, 4) is 0 Å². The highest BCUT2D eigenvalue weighted by Crippen LogP contribution is 2.41. The number of hydrogen-bond acceptors (Lipinski definition) is 2. The standard InChI is InChI=1S/C15H21FN2O/c16-13-6-4-12(5-7-13)15(8-1-2-9-15)14(19)18-11-3-10-17/h4-7H,1-3,8-11,17H2,(H,18,19). The second-order valence-electron chi connectivity index (χ2n) is 5.19. The molecule has 0 aromatic heterocycles. The Labute approximate surface area is 113 Å². The smallest absolute Gasteiger partial charge is 0.230 e. The Morgan fingerprint density at radius 2 is 1.89 bits per heavy atom. The summed E-state index contributed by atoms with van der Waals surface area (Å²) < 4.78 is 13.0. The lowest BCUT2D eigenvalue weighted by Gasteiger charge is -2.28. The predicted molar refractivity (Wildman–Crippen MR) is 73.2 cm³/mol. The first-order valence-electron chi connectivity index (χ1n) is 6.93. The quantitative estimate of drug-likeness (QED) is 0.800. The van der Waals surface area contributed by atoms with E-state index < -0.39 is 5.41 Å². The van der Waals surface area contributed by atoms with Gasteiger partial charge in [0.1, 0.15) is 5.82 Å². The molecule has 0 saturated heterocycles. The number of benzene rings is 1. The SMILES string of the molecule is NCCCNC(=O)C1(c2ccc(F)cc2)CCCC1. The number of amides is 1. The van der Waals surface area contributed by atoms with Crippen LogP contribution in [0.2, 0.25) is 0 Å². The van der Waals surface area contributed by atoms with E-state index in [1.54, 1.807) is 12.1 Å². The van der Waals surface area contributed by atoms with Gasteiger partial charge >= 0.3 is 0 Å². The minimum atomic E-state index is -0.470. The van der Waals surface area contributed by atoms with Crippen LogP contribution in [0.15, 0.2) is 24.3 Å². The lowest BCUT2D eigenvalue weighted by molar-refractivity contribution is -0.126. The number of carbonyl (C=O) groups excluding carboxylic acids is 1. The first kappa shape index (κ1) is 14.0. The summed E-state index contributed by atoms with van der Waals surface area (Å²) in [6.45, 7) is 1.18. The van der Waals surface area contributed by atoms with E-state index in [0.29, 0.717) is 13.1 Å². The molecule has 3 nitrogen and oxygen atoms in total. The molecule has 1 aromatic rings. The lowest BCUT2D eigenvalue weighted by Crippen LogP contribution is -2.43. The second kappa shape index (κ2) is 6.15. The Morgan fingerprint density at radius 3 is 2.47 bits per heavy atom. The molecule has 1 aliphatic rings. The molecule has 2 rings (SSSR count). The molecule has 0 spiro atoms. The molecular formula is C15H21FN2O. The molecule has 104 valence electrons. The van der Waals surface area contributed by atoms with E-state index in [4.69, 9.17) is 5.73 Å². The molecule has 1 saturated carbocycles. The third-order valence-corrected chi connectivity index (χ3v) is 3.96. The summed E-state index contributed by atoms with van der Waals surface area (Å²) in [6.07, 6.45) is 4.55. The fourth-order valence-electron chi connectivity index (χ4n) is 2.87. The van der Waals surface area contributed by atoms with Crippen molar-refractivity contribution in [3.05, 3.63) is 35.6 Å². The molecule has 0 atom stereocenters. The molecule has 0 unspecified atom stereocenters. The van der Waals surface area contributed by atoms with E-state index in [-0.39, 0.29) is 11.7 Å². The minimum absolute atomic E-state index is 0.0602. The Kier molecular flexibility index (Phi) is 4.53. The highest BCUT2D eigenvalue weighted by Gasteiger charge is 2.42. The average molecular weight is 264 g/mol. The monoisotopic (exact) mass is 264 g/mol. The molecule has 19 heavy (non-hydrogen) atoms. The molecule has 3 N–H and O–H groups in total. The summed E-state index contributed by atoms with van der Waals surface area (Å²) in [4.78, 5) is 12.5. The van der Waals surface area contributed by atoms with Crippen LogP contribution in [0.5, 0.6) is 0 Å². The summed E-state index contributed by atoms with van der Waals surface area (Å²) in [5, 5.41) is 2.97. The van der Waals surface area contributed by atoms with Crippen LogP contribution < -0.4 is 11.1 Å². The van der Waals surface area contributed by atoms with Crippen LogP contribution in [-0.2, 0) is 10.2 Å². The molecule has 0 aliphatic heterocycles. The fraction of sp³-hybridized carbons (Fsp3) is 0.533. The Hall–Kier alpha value is -1.42. The molecule has 0 radical (unpaired) electrons. The van der Waals surface area contributed by atoms with Gasteiger partial charge in [0.05, 0.1) is 5.41 Å². The van der Waals surface area contributed by atoms with E-state index in [1.807, 2.05) is 0 Å². The number of halogens is 1. The highest BCUT2D eigenvalue weighted by molar-refractivity contribution is 5.88. The molecule has 0 heterocycles. The average Bonchev–Trinajstić information content (AvgIpc) is 2.90. The van der Waals surface area contributed by atoms with E-state index in [1.165, 1.54) is 12.1 Å². The van der Waals surface area contributed by atoms with Crippen molar-refractivity contribution in [2.45, 2.75) is 37.5 Å². The maximum absolute atomic E-state index is 13.0. The van der Waals surface area contributed by atoms with Gasteiger partial charge in [0.2, 0.25) is 5.91 Å². The van der Waals surface area contributed by atoms with Crippen molar-refractivity contribution in [1.29, 1.82) is 0 Å². The topological polar surface area (TPSA) is 55.1 Å². The molecule has 1 aromatic carbocycles. The normalized spacial score (nSPS) is 17.4. The van der Waals surface area contributed by atoms with E-state index in [9.17, 15) is 9.18 Å². The van der Waals surface area contributed by atoms with Crippen LogP contribution in [0.4, 0.5) is 4.39 Å². The first-order valence-corrected chi connectivity index (χ1v) is 6.93. The van der Waals surface area contributed by atoms with Gasteiger partial charge in [-0.3, -0.25) is 4.79 Å². The van der Waals surface area contributed by atoms with Crippen LogP contribution in [0.3, 0.4) is 0 Å². The van der Waals surface area contributed by atoms with Gasteiger partial charge in [-0.15, -0.1) is 0 Å². The van der Waals surface area contributed by atoms with Crippen molar-refractivity contribution in [1.82, 2.24) is 5.32 Å². The Morgan fingerprint density at radius 1 is 1.26 bits per heavy atom.